The van der Waals surface area contributed by atoms with Gasteiger partial charge in [0.15, 0.2) is 0 Å². The number of nitrogens with zero attached hydrogens (tertiary/aromatic N) is 1. The summed E-state index contributed by atoms with van der Waals surface area (Å²) < 4.78 is 0. The molecule has 2 aliphatic rings. The largest absolute Gasteiger partial charge is 0.380 e. The highest BCUT2D eigenvalue weighted by molar-refractivity contribution is 5.91. The summed E-state index contributed by atoms with van der Waals surface area (Å²) in [5.41, 5.74) is 9.75. The maximum atomic E-state index is 4.62. The summed E-state index contributed by atoms with van der Waals surface area (Å²) in [7, 11) is 0. The van der Waals surface area contributed by atoms with Gasteiger partial charge < -0.3 is 16.0 Å². The highest BCUT2D eigenvalue weighted by atomic mass is 15.0. The van der Waals surface area contributed by atoms with Crippen molar-refractivity contribution in [2.75, 3.05) is 16.0 Å². The Balaban J connectivity index is 1.31. The van der Waals surface area contributed by atoms with E-state index in [2.05, 4.69) is 95.6 Å². The lowest BCUT2D eigenvalue weighted by atomic mass is 9.95. The molecule has 5 rings (SSSR count). The van der Waals surface area contributed by atoms with Crippen molar-refractivity contribution in [3.63, 3.8) is 0 Å². The number of benzene rings is 2. The number of allylic oxidation sites excluding steroid dienone is 1. The van der Waals surface area contributed by atoms with Gasteiger partial charge in [-0.3, -0.25) is 0 Å². The Morgan fingerprint density at radius 3 is 2.45 bits per heavy atom. The zero-order valence-electron chi connectivity index (χ0n) is 17.7. The highest BCUT2D eigenvalue weighted by Gasteiger charge is 2.23. The van der Waals surface area contributed by atoms with Crippen LogP contribution >= 0.6 is 0 Å². The minimum atomic E-state index is 0.384. The van der Waals surface area contributed by atoms with Gasteiger partial charge >= 0.3 is 0 Å². The van der Waals surface area contributed by atoms with Gasteiger partial charge in [0.05, 0.1) is 11.9 Å². The summed E-state index contributed by atoms with van der Waals surface area (Å²) >= 11 is 0. The quantitative estimate of drug-likeness (QED) is 0.492. The van der Waals surface area contributed by atoms with Crippen molar-refractivity contribution in [3.05, 3.63) is 114 Å². The van der Waals surface area contributed by atoms with Crippen molar-refractivity contribution >= 4 is 22.8 Å². The van der Waals surface area contributed by atoms with E-state index in [0.717, 1.165) is 52.4 Å². The van der Waals surface area contributed by atoms with Crippen LogP contribution in [0.3, 0.4) is 0 Å². The molecule has 4 heteroatoms. The van der Waals surface area contributed by atoms with E-state index < -0.39 is 0 Å². The van der Waals surface area contributed by atoms with Gasteiger partial charge in [0.1, 0.15) is 5.82 Å². The van der Waals surface area contributed by atoms with E-state index in [-0.39, 0.29) is 0 Å². The molecule has 154 valence electrons. The summed E-state index contributed by atoms with van der Waals surface area (Å²) in [6, 6.07) is 19.4. The van der Waals surface area contributed by atoms with Crippen LogP contribution in [0.5, 0.6) is 0 Å². The van der Waals surface area contributed by atoms with E-state index in [0.29, 0.717) is 6.04 Å². The van der Waals surface area contributed by atoms with E-state index >= 15 is 0 Å². The Kier molecular flexibility index (Phi) is 4.83. The number of anilines is 3. The van der Waals surface area contributed by atoms with Crippen LogP contribution < -0.4 is 16.0 Å². The molecule has 1 aromatic heterocycles. The number of rotatable bonds is 5. The molecule has 0 atom stereocenters. The van der Waals surface area contributed by atoms with Crippen molar-refractivity contribution in [2.24, 2.45) is 0 Å². The monoisotopic (exact) mass is 406 g/mol. The second kappa shape index (κ2) is 7.80. The Morgan fingerprint density at radius 1 is 1.03 bits per heavy atom. The lowest BCUT2D eigenvalue weighted by molar-refractivity contribution is 0.773. The van der Waals surface area contributed by atoms with E-state index in [9.17, 15) is 0 Å². The number of hydrogen-bond acceptors (Lipinski definition) is 4. The molecule has 0 saturated heterocycles. The van der Waals surface area contributed by atoms with Gasteiger partial charge in [0.25, 0.3) is 0 Å². The Labute approximate surface area is 183 Å². The summed E-state index contributed by atoms with van der Waals surface area (Å²) in [5.74, 6) is 0.817. The first-order chi connectivity index (χ1) is 15.1. The van der Waals surface area contributed by atoms with E-state index in [1.807, 2.05) is 12.4 Å². The third kappa shape index (κ3) is 3.84. The predicted molar refractivity (Wildman–Crippen MR) is 130 cm³/mol. The molecule has 1 aliphatic heterocycles. The zero-order chi connectivity index (χ0) is 21.4. The van der Waals surface area contributed by atoms with Gasteiger partial charge in [-0.2, -0.15) is 0 Å². The van der Waals surface area contributed by atoms with Crippen LogP contribution in [0.25, 0.3) is 5.57 Å². The van der Waals surface area contributed by atoms with Crippen LogP contribution in [0, 0.1) is 6.92 Å². The van der Waals surface area contributed by atoms with Crippen LogP contribution in [0.15, 0.2) is 91.4 Å². The number of aryl methyl sites for hydroxylation is 1. The van der Waals surface area contributed by atoms with Crippen molar-refractivity contribution < 1.29 is 0 Å². The molecule has 3 N–H and O–H groups in total. The lowest BCUT2D eigenvalue weighted by Crippen LogP contribution is -2.20. The van der Waals surface area contributed by atoms with Crippen LogP contribution in [0.4, 0.5) is 17.2 Å². The summed E-state index contributed by atoms with van der Waals surface area (Å²) in [4.78, 5) is 4.62. The molecule has 2 aromatic carbocycles. The first kappa shape index (κ1) is 19.2. The predicted octanol–water partition coefficient (Wildman–Crippen LogP) is 5.92. The van der Waals surface area contributed by atoms with Crippen LogP contribution in [0.1, 0.15) is 22.3 Å². The minimum absolute atomic E-state index is 0.384. The fourth-order valence-electron chi connectivity index (χ4n) is 4.31. The molecule has 0 spiro atoms. The molecule has 0 saturated carbocycles. The fourth-order valence-corrected chi connectivity index (χ4v) is 4.31. The molecule has 0 unspecified atom stereocenters. The second-order valence-electron chi connectivity index (χ2n) is 8.29. The van der Waals surface area contributed by atoms with Crippen LogP contribution in [0.2, 0.25) is 0 Å². The topological polar surface area (TPSA) is 49.0 Å². The molecular weight excluding hydrogens is 380 g/mol. The Bertz CT molecular complexity index is 1180. The van der Waals surface area contributed by atoms with Crippen molar-refractivity contribution in [1.82, 2.24) is 4.98 Å². The van der Waals surface area contributed by atoms with Crippen LogP contribution in [-0.4, -0.2) is 11.0 Å². The lowest BCUT2D eigenvalue weighted by Gasteiger charge is -2.23. The number of pyridine rings is 1. The van der Waals surface area contributed by atoms with Gasteiger partial charge in [-0.15, -0.1) is 0 Å². The smallest absolute Gasteiger partial charge is 0.137 e. The van der Waals surface area contributed by atoms with Gasteiger partial charge in [0, 0.05) is 34.8 Å². The molecule has 3 aromatic rings. The van der Waals surface area contributed by atoms with E-state index in [4.69, 9.17) is 0 Å². The van der Waals surface area contributed by atoms with Gasteiger partial charge in [0.2, 0.25) is 0 Å². The SMILES string of the molecule is C=C(Nc1ccc(C)cc1)C1=CNc2ncc(NC3Cc4ccccc4C3)cc2C1=C. The Morgan fingerprint density at radius 2 is 1.74 bits per heavy atom. The molecule has 0 radical (unpaired) electrons. The van der Waals surface area contributed by atoms with Crippen molar-refractivity contribution in [2.45, 2.75) is 25.8 Å². The minimum Gasteiger partial charge on any atom is -0.380 e. The molecule has 2 heterocycles. The van der Waals surface area contributed by atoms with E-state index in [1.54, 1.807) is 0 Å². The maximum Gasteiger partial charge on any atom is 0.137 e. The van der Waals surface area contributed by atoms with Gasteiger partial charge in [-0.1, -0.05) is 55.1 Å². The molecule has 1 aliphatic carbocycles. The average Bonchev–Trinajstić information content (AvgIpc) is 3.18. The normalized spacial score (nSPS) is 14.9. The van der Waals surface area contributed by atoms with Crippen molar-refractivity contribution in [3.8, 4) is 0 Å². The maximum absolute atomic E-state index is 4.62. The van der Waals surface area contributed by atoms with Gasteiger partial charge in [-0.25, -0.2) is 4.98 Å². The third-order valence-corrected chi connectivity index (χ3v) is 5.98. The summed E-state index contributed by atoms with van der Waals surface area (Å²) in [5, 5.41) is 10.3. The first-order valence-electron chi connectivity index (χ1n) is 10.6. The average molecular weight is 407 g/mol. The number of hydrogen-bond donors (Lipinski definition) is 3. The molecule has 31 heavy (non-hydrogen) atoms. The number of aromatic nitrogens is 1. The fraction of sp³-hybridized carbons (Fsp3) is 0.148. The third-order valence-electron chi connectivity index (χ3n) is 5.98. The van der Waals surface area contributed by atoms with Crippen molar-refractivity contribution in [1.29, 1.82) is 0 Å². The number of nitrogens with one attached hydrogen (secondary N) is 3. The van der Waals surface area contributed by atoms with Crippen LogP contribution in [-0.2, 0) is 12.8 Å². The molecule has 0 bridgehead atoms. The Hall–Kier alpha value is -3.79. The zero-order valence-corrected chi connectivity index (χ0v) is 17.7. The molecule has 0 fully saturated rings. The second-order valence-corrected chi connectivity index (χ2v) is 8.29. The standard InChI is InChI=1S/C27H26N4/c1-17-8-10-22(11-9-17)30-19(3)26-16-29-27-25(18(26)2)14-24(15-28-27)31-23-12-20-6-4-5-7-21(20)13-23/h4-11,14-16,23,30-31H,2-3,12-13H2,1H3,(H,28,29). The molecule has 0 amide bonds. The number of fused-ring (bicyclic) bond motifs is 2. The highest BCUT2D eigenvalue weighted by Crippen LogP contribution is 2.36. The summed E-state index contributed by atoms with van der Waals surface area (Å²) in [6.45, 7) is 10.7. The van der Waals surface area contributed by atoms with E-state index in [1.165, 1.54) is 16.7 Å². The molecular formula is C27H26N4. The first-order valence-corrected chi connectivity index (χ1v) is 10.6. The summed E-state index contributed by atoms with van der Waals surface area (Å²) in [6.07, 6.45) is 5.88. The molecule has 4 nitrogen and oxygen atoms in total. The van der Waals surface area contributed by atoms with Gasteiger partial charge in [-0.05, 0) is 54.7 Å².